The highest BCUT2D eigenvalue weighted by atomic mass is 16.5. The van der Waals surface area contributed by atoms with Gasteiger partial charge in [-0.25, -0.2) is 0 Å². The summed E-state index contributed by atoms with van der Waals surface area (Å²) in [5, 5.41) is 8.31. The molecule has 1 N–H and O–H groups in total. The minimum Gasteiger partial charge on any atom is -0.394 e. The lowest BCUT2D eigenvalue weighted by Crippen LogP contribution is -2.09. The number of hydrogen-bond donors (Lipinski definition) is 1. The van der Waals surface area contributed by atoms with Crippen LogP contribution in [0.15, 0.2) is 0 Å². The predicted octanol–water partition coefficient (Wildman–Crippen LogP) is -0.180. The first kappa shape index (κ1) is 10.7. The normalized spacial score (nSPS) is 10.3. The minimum absolute atomic E-state index is 0.0575. The zero-order chi connectivity index (χ0) is 8.36. The summed E-state index contributed by atoms with van der Waals surface area (Å²) in [6.45, 7) is 2.50. The van der Waals surface area contributed by atoms with Crippen molar-refractivity contribution in [2.45, 2.75) is 0 Å². The first-order valence-corrected chi connectivity index (χ1v) is 3.55. The fraction of sp³-hybridized carbons (Fsp3) is 0.857. The molecule has 0 radical (unpaired) electrons. The first-order chi connectivity index (χ1) is 5.41. The molecule has 0 rings (SSSR count). The first-order valence-electron chi connectivity index (χ1n) is 3.55. The van der Waals surface area contributed by atoms with Crippen LogP contribution in [-0.2, 0) is 14.2 Å². The van der Waals surface area contributed by atoms with Gasteiger partial charge in [-0.05, 0) is 0 Å². The van der Waals surface area contributed by atoms with Crippen molar-refractivity contribution in [3.8, 4) is 0 Å². The van der Waals surface area contributed by atoms with Gasteiger partial charge in [0.25, 0.3) is 0 Å². The Kier molecular flexibility index (Phi) is 9.45. The van der Waals surface area contributed by atoms with Crippen molar-refractivity contribution in [2.75, 3.05) is 39.6 Å². The fourth-order valence-corrected chi connectivity index (χ4v) is 0.504. The second-order valence-corrected chi connectivity index (χ2v) is 1.86. The molecule has 11 heavy (non-hydrogen) atoms. The number of hydrogen-bond acceptors (Lipinski definition) is 4. The van der Waals surface area contributed by atoms with Gasteiger partial charge in [0.2, 0.25) is 7.11 Å². The van der Waals surface area contributed by atoms with Crippen molar-refractivity contribution in [3.63, 3.8) is 0 Å². The summed E-state index contributed by atoms with van der Waals surface area (Å²) in [7, 11) is 3.19. The molecule has 0 saturated carbocycles. The van der Waals surface area contributed by atoms with Gasteiger partial charge in [-0.2, -0.15) is 4.74 Å². The molecule has 0 fully saturated rings. The van der Waals surface area contributed by atoms with Gasteiger partial charge in [0.1, 0.15) is 6.61 Å². The molecule has 0 amide bonds. The molecule has 0 unspecified atom stereocenters. The van der Waals surface area contributed by atoms with Crippen LogP contribution in [0, 0.1) is 7.11 Å². The highest BCUT2D eigenvalue weighted by molar-refractivity contribution is 4.31. The van der Waals surface area contributed by atoms with Gasteiger partial charge < -0.3 is 14.6 Å². The molecule has 0 aromatic rings. The Morgan fingerprint density at radius 3 is 2.00 bits per heavy atom. The van der Waals surface area contributed by atoms with E-state index in [-0.39, 0.29) is 6.61 Å². The molecule has 4 nitrogen and oxygen atoms in total. The van der Waals surface area contributed by atoms with Crippen LogP contribution in [0.3, 0.4) is 0 Å². The number of aliphatic hydroxyl groups is 1. The standard InChI is InChI=1S/C7H15O4/c1-9-4-5-11-7-6-10-3-2-8/h8H,1-7H2/q+1. The largest absolute Gasteiger partial charge is 0.394 e. The summed E-state index contributed by atoms with van der Waals surface area (Å²) >= 11 is 0. The Morgan fingerprint density at radius 1 is 0.909 bits per heavy atom. The van der Waals surface area contributed by atoms with Crippen LogP contribution in [0.5, 0.6) is 0 Å². The smallest absolute Gasteiger partial charge is 0.213 e. The van der Waals surface area contributed by atoms with Crippen LogP contribution in [0.2, 0.25) is 0 Å². The summed E-state index contributed by atoms with van der Waals surface area (Å²) in [4.78, 5) is 0. The molecule has 0 aromatic heterocycles. The van der Waals surface area contributed by atoms with Crippen molar-refractivity contribution in [1.82, 2.24) is 0 Å². The highest BCUT2D eigenvalue weighted by Gasteiger charge is 1.89. The summed E-state index contributed by atoms with van der Waals surface area (Å²) in [5.41, 5.74) is 0. The predicted molar refractivity (Wildman–Crippen MR) is 40.0 cm³/mol. The van der Waals surface area contributed by atoms with E-state index in [1.807, 2.05) is 0 Å². The van der Waals surface area contributed by atoms with Crippen LogP contribution in [0.1, 0.15) is 0 Å². The monoisotopic (exact) mass is 163 g/mol. The Hall–Kier alpha value is -0.290. The number of aliphatic hydroxyl groups excluding tert-OH is 1. The fourth-order valence-electron chi connectivity index (χ4n) is 0.504. The van der Waals surface area contributed by atoms with Crippen LogP contribution < -0.4 is 0 Å². The van der Waals surface area contributed by atoms with Gasteiger partial charge in [0.15, 0.2) is 0 Å². The minimum atomic E-state index is 0.0575. The topological polar surface area (TPSA) is 47.9 Å². The molecular weight excluding hydrogens is 148 g/mol. The zero-order valence-electron chi connectivity index (χ0n) is 6.62. The van der Waals surface area contributed by atoms with E-state index < -0.39 is 0 Å². The van der Waals surface area contributed by atoms with E-state index in [4.69, 9.17) is 14.6 Å². The van der Waals surface area contributed by atoms with E-state index in [2.05, 4.69) is 11.8 Å². The molecule has 4 heteroatoms. The Bertz CT molecular complexity index is 59.5. The van der Waals surface area contributed by atoms with Crippen molar-refractivity contribution in [3.05, 3.63) is 7.11 Å². The maximum absolute atomic E-state index is 8.31. The average molecular weight is 163 g/mol. The molecule has 0 aliphatic carbocycles. The molecule has 0 aliphatic rings. The molecule has 0 aromatic carbocycles. The summed E-state index contributed by atoms with van der Waals surface area (Å²) < 4.78 is 14.5. The zero-order valence-corrected chi connectivity index (χ0v) is 6.62. The lowest BCUT2D eigenvalue weighted by molar-refractivity contribution is 0.0197. The van der Waals surface area contributed by atoms with Gasteiger partial charge in [-0.1, -0.05) is 0 Å². The van der Waals surface area contributed by atoms with Crippen LogP contribution in [0.25, 0.3) is 0 Å². The van der Waals surface area contributed by atoms with E-state index in [9.17, 15) is 0 Å². The third-order valence-corrected chi connectivity index (χ3v) is 0.980. The van der Waals surface area contributed by atoms with Gasteiger partial charge in [0, 0.05) is 0 Å². The summed E-state index contributed by atoms with van der Waals surface area (Å²) in [6.07, 6.45) is 0. The van der Waals surface area contributed by atoms with Crippen molar-refractivity contribution in [1.29, 1.82) is 0 Å². The summed E-state index contributed by atoms with van der Waals surface area (Å²) in [5.74, 6) is 0. The van der Waals surface area contributed by atoms with E-state index >= 15 is 0 Å². The number of rotatable bonds is 8. The molecule has 0 spiro atoms. The Morgan fingerprint density at radius 2 is 1.45 bits per heavy atom. The maximum Gasteiger partial charge on any atom is 0.213 e. The van der Waals surface area contributed by atoms with Crippen LogP contribution in [0.4, 0.5) is 0 Å². The van der Waals surface area contributed by atoms with E-state index in [1.54, 1.807) is 0 Å². The van der Waals surface area contributed by atoms with Gasteiger partial charge >= 0.3 is 0 Å². The SMILES string of the molecule is [CH2+]OCCOCCOCCO. The Labute approximate surface area is 67.1 Å². The van der Waals surface area contributed by atoms with Gasteiger partial charge in [-0.3, -0.25) is 0 Å². The number of ether oxygens (including phenoxy) is 3. The third-order valence-electron chi connectivity index (χ3n) is 0.980. The molecule has 0 atom stereocenters. The molecule has 0 bridgehead atoms. The average Bonchev–Trinajstić information content (AvgIpc) is 2.03. The highest BCUT2D eigenvalue weighted by Crippen LogP contribution is 1.78. The molecule has 0 aliphatic heterocycles. The molecule has 0 saturated heterocycles. The van der Waals surface area contributed by atoms with Crippen molar-refractivity contribution < 1.29 is 19.3 Å². The van der Waals surface area contributed by atoms with Crippen LogP contribution in [-0.4, -0.2) is 44.7 Å². The molecular formula is C7H15O4+. The second kappa shape index (κ2) is 9.71. The summed E-state index contributed by atoms with van der Waals surface area (Å²) in [6, 6.07) is 0. The van der Waals surface area contributed by atoms with Gasteiger partial charge in [-0.15, -0.1) is 0 Å². The van der Waals surface area contributed by atoms with Crippen molar-refractivity contribution >= 4 is 0 Å². The van der Waals surface area contributed by atoms with E-state index in [1.165, 1.54) is 0 Å². The molecule has 66 valence electrons. The quantitative estimate of drug-likeness (QED) is 0.398. The van der Waals surface area contributed by atoms with E-state index in [0.29, 0.717) is 33.0 Å². The molecule has 0 heterocycles. The third kappa shape index (κ3) is 9.71. The lowest BCUT2D eigenvalue weighted by Gasteiger charge is -2.01. The Balaban J connectivity index is 2.69. The van der Waals surface area contributed by atoms with Gasteiger partial charge in [0.05, 0.1) is 33.0 Å². The van der Waals surface area contributed by atoms with E-state index in [0.717, 1.165) is 0 Å². The van der Waals surface area contributed by atoms with Crippen molar-refractivity contribution in [2.24, 2.45) is 0 Å². The van der Waals surface area contributed by atoms with Crippen LogP contribution >= 0.6 is 0 Å². The maximum atomic E-state index is 8.31. The second-order valence-electron chi connectivity index (χ2n) is 1.86. The lowest BCUT2D eigenvalue weighted by atomic mass is 10.7.